The van der Waals surface area contributed by atoms with Crippen LogP contribution in [-0.4, -0.2) is 95.4 Å². The van der Waals surface area contributed by atoms with E-state index in [1.807, 2.05) is 0 Å². The van der Waals surface area contributed by atoms with Gasteiger partial charge in [-0.05, 0) is 37.8 Å². The van der Waals surface area contributed by atoms with Crippen molar-refractivity contribution < 1.29 is 32.3 Å². The van der Waals surface area contributed by atoms with Crippen molar-refractivity contribution in [2.75, 3.05) is 34.3 Å². The lowest BCUT2D eigenvalue weighted by Crippen LogP contribution is -2.51. The Labute approximate surface area is 234 Å². The highest BCUT2D eigenvalue weighted by Crippen LogP contribution is 2.12. The Kier molecular flexibility index (Phi) is 14.5. The summed E-state index contributed by atoms with van der Waals surface area (Å²) in [6, 6.07) is 4.31. The Hall–Kier alpha value is -3.85. The number of nitrogens with one attached hydrogen (secondary N) is 2. The van der Waals surface area contributed by atoms with Gasteiger partial charge in [0.1, 0.15) is 18.2 Å². The van der Waals surface area contributed by atoms with Gasteiger partial charge in [-0.1, -0.05) is 18.2 Å². The van der Waals surface area contributed by atoms with Crippen LogP contribution in [0.1, 0.15) is 43.7 Å². The van der Waals surface area contributed by atoms with Gasteiger partial charge >= 0.3 is 5.97 Å². The molecular formula is C25H39N7O7S. The number of sulfonamides is 1. The van der Waals surface area contributed by atoms with Crippen LogP contribution in [0.25, 0.3) is 0 Å². The molecule has 6 N–H and O–H groups in total. The average Bonchev–Trinajstić information content (AvgIpc) is 2.91. The molecule has 2 amide bonds. The van der Waals surface area contributed by atoms with Crippen molar-refractivity contribution in [1.82, 2.24) is 14.9 Å². The fraction of sp³-hybridized carbons (Fsp3) is 0.520. The first kappa shape index (κ1) is 34.2. The molecule has 1 aromatic rings. The fourth-order valence-electron chi connectivity index (χ4n) is 3.58. The number of aliphatic imine (C=N–C) groups is 2. The SMILES string of the molecule is CN=C(N)c1cccc(CS(=O)(=O)N[C@@H](CCC(=O)OC)C(=O)N(C)CC(=O)N[C@H](C=O)CCCN=C(C)N)c1. The van der Waals surface area contributed by atoms with Gasteiger partial charge in [-0.15, -0.1) is 0 Å². The van der Waals surface area contributed by atoms with Crippen LogP contribution in [0.5, 0.6) is 0 Å². The van der Waals surface area contributed by atoms with Crippen LogP contribution in [0.4, 0.5) is 0 Å². The molecule has 0 bridgehead atoms. The van der Waals surface area contributed by atoms with Crippen LogP contribution in [-0.2, 0) is 39.7 Å². The summed E-state index contributed by atoms with van der Waals surface area (Å²) in [5.74, 6) is -1.83. The highest BCUT2D eigenvalue weighted by Gasteiger charge is 2.29. The molecule has 0 aliphatic carbocycles. The monoisotopic (exact) mass is 581 g/mol. The molecule has 0 unspecified atom stereocenters. The molecule has 0 saturated carbocycles. The zero-order chi connectivity index (χ0) is 30.3. The van der Waals surface area contributed by atoms with Gasteiger partial charge in [-0.2, -0.15) is 0 Å². The lowest BCUT2D eigenvalue weighted by atomic mass is 10.1. The second-order valence-corrected chi connectivity index (χ2v) is 10.8. The van der Waals surface area contributed by atoms with E-state index in [9.17, 15) is 27.6 Å². The van der Waals surface area contributed by atoms with Crippen molar-refractivity contribution in [2.45, 2.75) is 50.4 Å². The van der Waals surface area contributed by atoms with Crippen LogP contribution < -0.4 is 21.5 Å². The van der Waals surface area contributed by atoms with Gasteiger partial charge in [0.2, 0.25) is 21.8 Å². The van der Waals surface area contributed by atoms with Crippen molar-refractivity contribution in [2.24, 2.45) is 21.5 Å². The van der Waals surface area contributed by atoms with Gasteiger partial charge in [0.25, 0.3) is 0 Å². The standard InChI is InChI=1S/C25H39N7O7S/c1-17(26)29-12-6-9-20(15-33)30-22(34)14-32(3)25(36)21(10-11-23(35)39-4)31-40(37,38)16-18-7-5-8-19(13-18)24(27)28-2/h5,7-8,13,15,20-21,31H,6,9-12,14,16H2,1-4H3,(H2,26,29)(H2,27,28)(H,30,34)/t20-,21-/m0/s1. The number of benzene rings is 1. The van der Waals surface area contributed by atoms with E-state index in [0.29, 0.717) is 42.6 Å². The van der Waals surface area contributed by atoms with Crippen molar-refractivity contribution >= 4 is 45.8 Å². The van der Waals surface area contributed by atoms with E-state index in [0.717, 1.165) is 4.90 Å². The van der Waals surface area contributed by atoms with E-state index in [1.165, 1.54) is 21.2 Å². The first-order valence-corrected chi connectivity index (χ1v) is 14.1. The molecule has 0 fully saturated rings. The molecule has 0 aliphatic rings. The molecule has 0 aromatic heterocycles. The minimum atomic E-state index is -4.08. The normalized spacial score (nSPS) is 13.7. The number of amides is 2. The Morgan fingerprint density at radius 3 is 2.50 bits per heavy atom. The minimum absolute atomic E-state index is 0.204. The summed E-state index contributed by atoms with van der Waals surface area (Å²) >= 11 is 0. The zero-order valence-corrected chi connectivity index (χ0v) is 24.1. The molecule has 0 saturated heterocycles. The van der Waals surface area contributed by atoms with E-state index in [1.54, 1.807) is 31.2 Å². The summed E-state index contributed by atoms with van der Waals surface area (Å²) in [4.78, 5) is 57.7. The summed E-state index contributed by atoms with van der Waals surface area (Å²) in [5, 5.41) is 2.53. The fourth-order valence-corrected chi connectivity index (χ4v) is 4.93. The van der Waals surface area contributed by atoms with Crippen molar-refractivity contribution in [1.29, 1.82) is 0 Å². The second-order valence-electron chi connectivity index (χ2n) is 9.02. The molecule has 0 aliphatic heterocycles. The Morgan fingerprint density at radius 2 is 1.90 bits per heavy atom. The number of ether oxygens (including phenoxy) is 1. The van der Waals surface area contributed by atoms with E-state index in [4.69, 9.17) is 11.5 Å². The van der Waals surface area contributed by atoms with Gasteiger partial charge in [-0.25, -0.2) is 13.1 Å². The summed E-state index contributed by atoms with van der Waals surface area (Å²) in [5.41, 5.74) is 12.2. The molecule has 0 spiro atoms. The lowest BCUT2D eigenvalue weighted by Gasteiger charge is -2.24. The van der Waals surface area contributed by atoms with Crippen molar-refractivity contribution in [3.63, 3.8) is 0 Å². The van der Waals surface area contributed by atoms with Gasteiger partial charge in [-0.3, -0.25) is 24.4 Å². The van der Waals surface area contributed by atoms with E-state index < -0.39 is 52.2 Å². The maximum Gasteiger partial charge on any atom is 0.305 e. The summed E-state index contributed by atoms with van der Waals surface area (Å²) in [6.45, 7) is 1.59. The maximum absolute atomic E-state index is 13.2. The number of hydrogen-bond acceptors (Lipinski definition) is 9. The number of hydrogen-bond donors (Lipinski definition) is 4. The molecule has 14 nitrogen and oxygen atoms in total. The molecule has 2 atom stereocenters. The zero-order valence-electron chi connectivity index (χ0n) is 23.3. The van der Waals surface area contributed by atoms with Gasteiger partial charge in [0, 0.05) is 32.6 Å². The topological polar surface area (TPSA) is 216 Å². The highest BCUT2D eigenvalue weighted by atomic mass is 32.2. The Morgan fingerprint density at radius 1 is 1.20 bits per heavy atom. The third-order valence-electron chi connectivity index (χ3n) is 5.61. The first-order chi connectivity index (χ1) is 18.8. The largest absolute Gasteiger partial charge is 0.469 e. The predicted octanol–water partition coefficient (Wildman–Crippen LogP) is -0.938. The van der Waals surface area contributed by atoms with E-state index in [-0.39, 0.29) is 18.7 Å². The number of methoxy groups -OCH3 is 1. The van der Waals surface area contributed by atoms with Crippen molar-refractivity contribution in [3.8, 4) is 0 Å². The molecule has 0 radical (unpaired) electrons. The van der Waals surface area contributed by atoms with E-state index in [2.05, 4.69) is 24.8 Å². The number of nitrogens with two attached hydrogens (primary N) is 2. The quantitative estimate of drug-likeness (QED) is 0.0586. The molecule has 15 heteroatoms. The number of carbonyl (C=O) groups is 4. The van der Waals surface area contributed by atoms with Gasteiger partial charge < -0.3 is 31.2 Å². The number of aldehydes is 1. The maximum atomic E-state index is 13.2. The summed E-state index contributed by atoms with van der Waals surface area (Å²) < 4.78 is 32.9. The number of nitrogens with zero attached hydrogens (tertiary/aromatic N) is 3. The number of likely N-dealkylation sites (N-methyl/N-ethyl adjacent to an activating group) is 1. The van der Waals surface area contributed by atoms with Crippen LogP contribution in [0, 0.1) is 0 Å². The minimum Gasteiger partial charge on any atom is -0.469 e. The second kappa shape index (κ2) is 17.0. The lowest BCUT2D eigenvalue weighted by molar-refractivity contribution is -0.141. The molecule has 1 aromatic carbocycles. The van der Waals surface area contributed by atoms with Crippen LogP contribution in [0.2, 0.25) is 0 Å². The predicted molar refractivity (Wildman–Crippen MR) is 151 cm³/mol. The average molecular weight is 582 g/mol. The molecule has 40 heavy (non-hydrogen) atoms. The van der Waals surface area contributed by atoms with Crippen LogP contribution in [0.3, 0.4) is 0 Å². The molecule has 1 rings (SSSR count). The van der Waals surface area contributed by atoms with Crippen LogP contribution in [0.15, 0.2) is 34.3 Å². The Balaban J connectivity index is 2.93. The first-order valence-electron chi connectivity index (χ1n) is 12.5. The van der Waals surface area contributed by atoms with Crippen molar-refractivity contribution in [3.05, 3.63) is 35.4 Å². The van der Waals surface area contributed by atoms with E-state index >= 15 is 0 Å². The molecular weight excluding hydrogens is 542 g/mol. The molecule has 222 valence electrons. The smallest absolute Gasteiger partial charge is 0.305 e. The highest BCUT2D eigenvalue weighted by molar-refractivity contribution is 7.88. The number of carbonyl (C=O) groups excluding carboxylic acids is 4. The molecule has 0 heterocycles. The van der Waals surface area contributed by atoms with Gasteiger partial charge in [0.05, 0.1) is 31.3 Å². The number of esters is 1. The third kappa shape index (κ3) is 12.8. The summed E-state index contributed by atoms with van der Waals surface area (Å²) in [6.07, 6.45) is 0.963. The summed E-state index contributed by atoms with van der Waals surface area (Å²) in [7, 11) is -0.0929. The Bertz CT molecular complexity index is 1200. The van der Waals surface area contributed by atoms with Crippen LogP contribution >= 0.6 is 0 Å². The van der Waals surface area contributed by atoms with Gasteiger partial charge in [0.15, 0.2) is 0 Å². The number of amidine groups is 2. The third-order valence-corrected chi connectivity index (χ3v) is 6.96. The number of rotatable bonds is 17.